The van der Waals surface area contributed by atoms with E-state index in [-0.39, 0.29) is 11.3 Å². The number of nitrogens with one attached hydrogen (secondary N) is 1. The number of aliphatic hydroxyl groups is 2. The van der Waals surface area contributed by atoms with E-state index in [4.69, 9.17) is 19.3 Å². The van der Waals surface area contributed by atoms with Crippen molar-refractivity contribution in [1.82, 2.24) is 5.32 Å². The van der Waals surface area contributed by atoms with Gasteiger partial charge in [-0.2, -0.15) is 0 Å². The standard InChI is InChI=1S/C34H61NO6/c1-33(2,3)34(38,30-31-18-14-13-15-19-31)21-24-39-26-28-41-29-27-40-25-22-35-32(37)20-16-11-9-7-5-4-6-8-10-12-17-23-36/h13-15,18-19,36,38H,4-12,16-17,20-30H2,1-3H3,(H,35,37). The average Bonchev–Trinajstić information content (AvgIpc) is 2.94. The molecule has 41 heavy (non-hydrogen) atoms. The minimum Gasteiger partial charge on any atom is -0.396 e. The number of carbonyl (C=O) groups is 1. The fourth-order valence-corrected chi connectivity index (χ4v) is 4.78. The van der Waals surface area contributed by atoms with E-state index in [9.17, 15) is 9.90 Å². The molecular weight excluding hydrogens is 518 g/mol. The van der Waals surface area contributed by atoms with Gasteiger partial charge in [-0.15, -0.1) is 0 Å². The molecule has 7 nitrogen and oxygen atoms in total. The average molecular weight is 580 g/mol. The zero-order valence-corrected chi connectivity index (χ0v) is 26.5. The van der Waals surface area contributed by atoms with Crippen LogP contribution >= 0.6 is 0 Å². The molecule has 1 aromatic rings. The van der Waals surface area contributed by atoms with Crippen molar-refractivity contribution in [2.75, 3.05) is 52.8 Å². The molecule has 0 bridgehead atoms. The minimum atomic E-state index is -0.847. The highest BCUT2D eigenvalue weighted by molar-refractivity contribution is 5.75. The zero-order valence-electron chi connectivity index (χ0n) is 26.5. The summed E-state index contributed by atoms with van der Waals surface area (Å²) in [6.07, 6.45) is 14.8. The molecule has 0 heterocycles. The highest BCUT2D eigenvalue weighted by atomic mass is 16.5. The van der Waals surface area contributed by atoms with Gasteiger partial charge in [0, 0.05) is 39.0 Å². The maximum Gasteiger partial charge on any atom is 0.220 e. The van der Waals surface area contributed by atoms with Gasteiger partial charge in [0.05, 0.1) is 38.6 Å². The summed E-state index contributed by atoms with van der Waals surface area (Å²) in [4.78, 5) is 12.0. The second kappa shape index (κ2) is 24.0. The lowest BCUT2D eigenvalue weighted by Crippen LogP contribution is -2.45. The summed E-state index contributed by atoms with van der Waals surface area (Å²) in [5.74, 6) is 0.104. The normalized spacial score (nSPS) is 13.3. The van der Waals surface area contributed by atoms with Crippen molar-refractivity contribution >= 4 is 5.91 Å². The maximum absolute atomic E-state index is 12.0. The molecule has 1 atom stereocenters. The summed E-state index contributed by atoms with van der Waals surface area (Å²) in [6.45, 7) is 9.96. The van der Waals surface area contributed by atoms with E-state index in [0.29, 0.717) is 72.1 Å². The summed E-state index contributed by atoms with van der Waals surface area (Å²) in [5.41, 5.74) is 0.0174. The summed E-state index contributed by atoms with van der Waals surface area (Å²) >= 11 is 0. The van der Waals surface area contributed by atoms with Crippen LogP contribution in [0.5, 0.6) is 0 Å². The van der Waals surface area contributed by atoms with Gasteiger partial charge in [0.15, 0.2) is 0 Å². The molecule has 1 aromatic carbocycles. The predicted molar refractivity (Wildman–Crippen MR) is 167 cm³/mol. The lowest BCUT2D eigenvalue weighted by Gasteiger charge is -2.40. The van der Waals surface area contributed by atoms with E-state index in [2.05, 4.69) is 38.2 Å². The number of aliphatic hydroxyl groups excluding tert-OH is 1. The third-order valence-corrected chi connectivity index (χ3v) is 7.77. The molecule has 1 rings (SSSR count). The second-order valence-electron chi connectivity index (χ2n) is 12.2. The van der Waals surface area contributed by atoms with Gasteiger partial charge in [-0.25, -0.2) is 0 Å². The third kappa shape index (κ3) is 20.1. The van der Waals surface area contributed by atoms with Crippen molar-refractivity contribution in [1.29, 1.82) is 0 Å². The Hall–Kier alpha value is -1.51. The Balaban J connectivity index is 1.90. The van der Waals surface area contributed by atoms with Crippen LogP contribution in [-0.2, 0) is 25.4 Å². The maximum atomic E-state index is 12.0. The number of amides is 1. The van der Waals surface area contributed by atoms with Crippen molar-refractivity contribution in [2.45, 2.75) is 116 Å². The van der Waals surface area contributed by atoms with Crippen LogP contribution in [0.15, 0.2) is 30.3 Å². The molecule has 0 radical (unpaired) electrons. The summed E-state index contributed by atoms with van der Waals surface area (Å²) in [7, 11) is 0. The molecule has 0 fully saturated rings. The zero-order chi connectivity index (χ0) is 30.1. The fraction of sp³-hybridized carbons (Fsp3) is 0.794. The van der Waals surface area contributed by atoms with Gasteiger partial charge in [-0.3, -0.25) is 4.79 Å². The van der Waals surface area contributed by atoms with Crippen LogP contribution in [-0.4, -0.2) is 74.5 Å². The van der Waals surface area contributed by atoms with Crippen molar-refractivity contribution in [3.8, 4) is 0 Å². The molecule has 3 N–H and O–H groups in total. The first-order valence-electron chi connectivity index (χ1n) is 16.2. The van der Waals surface area contributed by atoms with E-state index in [0.717, 1.165) is 31.2 Å². The first-order valence-corrected chi connectivity index (χ1v) is 16.2. The van der Waals surface area contributed by atoms with E-state index >= 15 is 0 Å². The third-order valence-electron chi connectivity index (χ3n) is 7.77. The summed E-state index contributed by atoms with van der Waals surface area (Å²) in [6, 6.07) is 10.1. The van der Waals surface area contributed by atoms with E-state index < -0.39 is 5.60 Å². The lowest BCUT2D eigenvalue weighted by molar-refractivity contribution is -0.121. The molecule has 0 spiro atoms. The molecule has 0 aliphatic heterocycles. The molecular formula is C34H61NO6. The van der Waals surface area contributed by atoms with Gasteiger partial charge in [-0.05, 0) is 23.8 Å². The SMILES string of the molecule is CC(C)(C)C(O)(CCOCCOCCOCCNC(=O)CCCCCCCCCCCCCO)Cc1ccccc1. The van der Waals surface area contributed by atoms with Gasteiger partial charge in [0.2, 0.25) is 5.91 Å². The molecule has 1 amide bonds. The summed E-state index contributed by atoms with van der Waals surface area (Å²) in [5, 5.41) is 23.0. The Bertz CT molecular complexity index is 738. The first-order chi connectivity index (χ1) is 19.8. The van der Waals surface area contributed by atoms with Crippen LogP contribution in [0.1, 0.15) is 110 Å². The van der Waals surface area contributed by atoms with E-state index in [1.165, 1.54) is 44.9 Å². The lowest BCUT2D eigenvalue weighted by atomic mass is 9.71. The van der Waals surface area contributed by atoms with E-state index in [1.54, 1.807) is 0 Å². The first kappa shape index (κ1) is 37.5. The number of benzene rings is 1. The Morgan fingerprint density at radius 3 is 1.73 bits per heavy atom. The van der Waals surface area contributed by atoms with Crippen LogP contribution in [0.3, 0.4) is 0 Å². The van der Waals surface area contributed by atoms with Gasteiger partial charge in [0.1, 0.15) is 0 Å². The number of hydrogen-bond acceptors (Lipinski definition) is 6. The fourth-order valence-electron chi connectivity index (χ4n) is 4.78. The second-order valence-corrected chi connectivity index (χ2v) is 12.2. The Labute approximate surface area is 250 Å². The van der Waals surface area contributed by atoms with Gasteiger partial charge in [-0.1, -0.05) is 109 Å². The van der Waals surface area contributed by atoms with E-state index in [1.807, 2.05) is 18.2 Å². The minimum absolute atomic E-state index is 0.104. The molecule has 0 aliphatic carbocycles. The highest BCUT2D eigenvalue weighted by Crippen LogP contribution is 2.36. The van der Waals surface area contributed by atoms with Crippen LogP contribution in [0.4, 0.5) is 0 Å². The highest BCUT2D eigenvalue weighted by Gasteiger charge is 2.39. The Kier molecular flexibility index (Phi) is 21.9. The van der Waals surface area contributed by atoms with Gasteiger partial charge in [0.25, 0.3) is 0 Å². The van der Waals surface area contributed by atoms with Crippen LogP contribution in [0, 0.1) is 5.41 Å². The van der Waals surface area contributed by atoms with Crippen molar-refractivity contribution in [3.05, 3.63) is 35.9 Å². The van der Waals surface area contributed by atoms with Gasteiger partial charge >= 0.3 is 0 Å². The van der Waals surface area contributed by atoms with Crippen LogP contribution in [0.25, 0.3) is 0 Å². The number of ether oxygens (including phenoxy) is 3. The Morgan fingerprint density at radius 1 is 0.707 bits per heavy atom. The van der Waals surface area contributed by atoms with Crippen molar-refractivity contribution in [2.24, 2.45) is 5.41 Å². The van der Waals surface area contributed by atoms with Crippen molar-refractivity contribution in [3.63, 3.8) is 0 Å². The molecule has 0 saturated carbocycles. The molecule has 238 valence electrons. The Morgan fingerprint density at radius 2 is 1.20 bits per heavy atom. The molecule has 7 heteroatoms. The molecule has 0 aromatic heterocycles. The van der Waals surface area contributed by atoms with Crippen LogP contribution in [0.2, 0.25) is 0 Å². The van der Waals surface area contributed by atoms with Crippen molar-refractivity contribution < 1.29 is 29.2 Å². The summed E-state index contributed by atoms with van der Waals surface area (Å²) < 4.78 is 16.9. The number of rotatable bonds is 27. The number of carbonyl (C=O) groups excluding carboxylic acids is 1. The number of hydrogen-bond donors (Lipinski definition) is 3. The molecule has 0 aliphatic rings. The molecule has 0 saturated heterocycles. The molecule has 1 unspecified atom stereocenters. The topological polar surface area (TPSA) is 97.3 Å². The number of unbranched alkanes of at least 4 members (excludes halogenated alkanes) is 10. The smallest absolute Gasteiger partial charge is 0.220 e. The largest absolute Gasteiger partial charge is 0.396 e. The van der Waals surface area contributed by atoms with Gasteiger partial charge < -0.3 is 29.7 Å². The van der Waals surface area contributed by atoms with Crippen LogP contribution < -0.4 is 5.32 Å². The monoisotopic (exact) mass is 579 g/mol. The predicted octanol–water partition coefficient (Wildman–Crippen LogP) is 6.24. The quantitative estimate of drug-likeness (QED) is 0.107.